The van der Waals surface area contributed by atoms with Crippen LogP contribution in [0.5, 0.6) is 0 Å². The third kappa shape index (κ3) is 3.67. The highest BCUT2D eigenvalue weighted by Gasteiger charge is 2.22. The van der Waals surface area contributed by atoms with Crippen LogP contribution in [0.15, 0.2) is 30.3 Å². The lowest BCUT2D eigenvalue weighted by atomic mass is 10.2. The highest BCUT2D eigenvalue weighted by molar-refractivity contribution is 7.15. The van der Waals surface area contributed by atoms with Crippen LogP contribution >= 0.6 is 22.7 Å². The Bertz CT molecular complexity index is 815. The van der Waals surface area contributed by atoms with E-state index in [0.29, 0.717) is 0 Å². The van der Waals surface area contributed by atoms with Gasteiger partial charge in [0.1, 0.15) is 5.01 Å². The number of aromatic nitrogens is 3. The molecule has 0 unspecified atom stereocenters. The summed E-state index contributed by atoms with van der Waals surface area (Å²) in [7, 11) is 0. The van der Waals surface area contributed by atoms with E-state index in [1.807, 2.05) is 6.07 Å². The van der Waals surface area contributed by atoms with Crippen molar-refractivity contribution in [1.29, 1.82) is 0 Å². The van der Waals surface area contributed by atoms with Crippen LogP contribution in [0.1, 0.15) is 21.1 Å². The van der Waals surface area contributed by atoms with E-state index in [4.69, 9.17) is 0 Å². The first-order valence-electron chi connectivity index (χ1n) is 8.49. The molecule has 0 amide bonds. The number of thiazole rings is 1. The summed E-state index contributed by atoms with van der Waals surface area (Å²) in [5, 5.41) is 12.1. The van der Waals surface area contributed by atoms with Crippen molar-refractivity contribution in [3.8, 4) is 0 Å². The molecular weight excluding hydrogens is 350 g/mol. The highest BCUT2D eigenvalue weighted by atomic mass is 32.1. The molecule has 25 heavy (non-hydrogen) atoms. The van der Waals surface area contributed by atoms with Crippen LogP contribution in [0.25, 0.3) is 0 Å². The van der Waals surface area contributed by atoms with Crippen LogP contribution in [0.2, 0.25) is 0 Å². The van der Waals surface area contributed by atoms with Crippen LogP contribution in [-0.4, -0.2) is 41.4 Å². The first-order valence-corrected chi connectivity index (χ1v) is 10.1. The number of benzene rings is 1. The molecule has 2 aromatic heterocycles. The number of hydrogen-bond acceptors (Lipinski definition) is 7. The summed E-state index contributed by atoms with van der Waals surface area (Å²) < 4.78 is 0. The van der Waals surface area contributed by atoms with Crippen LogP contribution in [-0.2, 0) is 6.42 Å². The fraction of sp³-hybridized carbons (Fsp3) is 0.389. The first kappa shape index (κ1) is 16.5. The number of nitrogens with zero attached hydrogens (tertiary/aromatic N) is 5. The van der Waals surface area contributed by atoms with Crippen molar-refractivity contribution in [3.63, 3.8) is 0 Å². The minimum absolute atomic E-state index is 0.857. The topological polar surface area (TPSA) is 45.2 Å². The van der Waals surface area contributed by atoms with Crippen LogP contribution in [0, 0.1) is 13.8 Å². The SMILES string of the molecule is Cc1nc(N2CCN(c3nnc(Cc4ccccc4)s3)CC2)sc1C. The number of hydrogen-bond donors (Lipinski definition) is 0. The van der Waals surface area contributed by atoms with Gasteiger partial charge in [0.15, 0.2) is 5.13 Å². The molecule has 1 aliphatic heterocycles. The van der Waals surface area contributed by atoms with Gasteiger partial charge in [-0.15, -0.1) is 21.5 Å². The Balaban J connectivity index is 1.38. The molecule has 3 heterocycles. The molecule has 0 N–H and O–H groups in total. The van der Waals surface area contributed by atoms with E-state index in [1.54, 1.807) is 22.7 Å². The van der Waals surface area contributed by atoms with E-state index in [9.17, 15) is 0 Å². The third-order valence-electron chi connectivity index (χ3n) is 4.49. The van der Waals surface area contributed by atoms with E-state index in [0.717, 1.165) is 53.6 Å². The van der Waals surface area contributed by atoms with Gasteiger partial charge in [-0.3, -0.25) is 0 Å². The van der Waals surface area contributed by atoms with Gasteiger partial charge in [-0.2, -0.15) is 0 Å². The summed E-state index contributed by atoms with van der Waals surface area (Å²) >= 11 is 3.50. The van der Waals surface area contributed by atoms with Gasteiger partial charge in [0.25, 0.3) is 0 Å². The van der Waals surface area contributed by atoms with Crippen LogP contribution in [0.4, 0.5) is 10.3 Å². The fourth-order valence-electron chi connectivity index (χ4n) is 2.89. The number of piperazine rings is 1. The molecule has 4 rings (SSSR count). The average molecular weight is 372 g/mol. The Labute approximate surface area is 156 Å². The second-order valence-electron chi connectivity index (χ2n) is 6.25. The number of aryl methyl sites for hydroxylation is 2. The lowest BCUT2D eigenvalue weighted by Gasteiger charge is -2.34. The van der Waals surface area contributed by atoms with Crippen molar-refractivity contribution in [3.05, 3.63) is 51.5 Å². The second-order valence-corrected chi connectivity index (χ2v) is 8.48. The molecule has 1 saturated heterocycles. The standard InChI is InChI=1S/C18H21N5S2/c1-13-14(2)24-17(19-13)22-8-10-23(11-9-22)18-21-20-16(25-18)12-15-6-4-3-5-7-15/h3-7H,8-12H2,1-2H3. The van der Waals surface area contributed by atoms with Crippen molar-refractivity contribution in [2.45, 2.75) is 20.3 Å². The molecule has 0 spiro atoms. The van der Waals surface area contributed by atoms with Crippen molar-refractivity contribution < 1.29 is 0 Å². The van der Waals surface area contributed by atoms with E-state index >= 15 is 0 Å². The van der Waals surface area contributed by atoms with E-state index < -0.39 is 0 Å². The molecule has 5 nitrogen and oxygen atoms in total. The number of anilines is 2. The van der Waals surface area contributed by atoms with Gasteiger partial charge in [0.2, 0.25) is 5.13 Å². The molecule has 0 radical (unpaired) electrons. The summed E-state index contributed by atoms with van der Waals surface area (Å²) in [5.74, 6) is 0. The second kappa shape index (κ2) is 7.09. The van der Waals surface area contributed by atoms with Gasteiger partial charge in [0.05, 0.1) is 5.69 Å². The Kier molecular flexibility index (Phi) is 4.67. The van der Waals surface area contributed by atoms with Gasteiger partial charge < -0.3 is 9.80 Å². The van der Waals surface area contributed by atoms with E-state index in [-0.39, 0.29) is 0 Å². The van der Waals surface area contributed by atoms with Gasteiger partial charge in [-0.1, -0.05) is 41.7 Å². The molecule has 130 valence electrons. The fourth-order valence-corrected chi connectivity index (χ4v) is 4.78. The summed E-state index contributed by atoms with van der Waals surface area (Å²) in [4.78, 5) is 10.7. The summed E-state index contributed by atoms with van der Waals surface area (Å²) in [6.07, 6.45) is 0.857. The van der Waals surface area contributed by atoms with Gasteiger partial charge in [-0.25, -0.2) is 4.98 Å². The molecule has 1 fully saturated rings. The van der Waals surface area contributed by atoms with Crippen LogP contribution < -0.4 is 9.80 Å². The molecule has 1 aromatic carbocycles. The predicted molar refractivity (Wildman–Crippen MR) is 105 cm³/mol. The molecule has 1 aliphatic rings. The van der Waals surface area contributed by atoms with Gasteiger partial charge in [-0.05, 0) is 19.4 Å². The van der Waals surface area contributed by atoms with Gasteiger partial charge in [0, 0.05) is 37.5 Å². The highest BCUT2D eigenvalue weighted by Crippen LogP contribution is 2.28. The van der Waals surface area contributed by atoms with Crippen molar-refractivity contribution in [2.24, 2.45) is 0 Å². The summed E-state index contributed by atoms with van der Waals surface area (Å²) in [5.41, 5.74) is 2.43. The van der Waals surface area contributed by atoms with Crippen molar-refractivity contribution in [2.75, 3.05) is 36.0 Å². The van der Waals surface area contributed by atoms with Crippen molar-refractivity contribution in [1.82, 2.24) is 15.2 Å². The predicted octanol–water partition coefficient (Wildman–Crippen LogP) is 3.53. The molecule has 0 atom stereocenters. The Morgan fingerprint density at radius 3 is 2.20 bits per heavy atom. The molecule has 0 saturated carbocycles. The number of rotatable bonds is 4. The lowest BCUT2D eigenvalue weighted by molar-refractivity contribution is 0.647. The molecule has 0 aliphatic carbocycles. The molecule has 7 heteroatoms. The maximum Gasteiger partial charge on any atom is 0.208 e. The molecule has 0 bridgehead atoms. The zero-order valence-corrected chi connectivity index (χ0v) is 16.1. The Hall–Kier alpha value is -1.99. The largest absolute Gasteiger partial charge is 0.345 e. The first-order chi connectivity index (χ1) is 12.2. The minimum atomic E-state index is 0.857. The van der Waals surface area contributed by atoms with Gasteiger partial charge >= 0.3 is 0 Å². The monoisotopic (exact) mass is 371 g/mol. The average Bonchev–Trinajstić information content (AvgIpc) is 3.23. The summed E-state index contributed by atoms with van der Waals surface area (Å²) in [6.45, 7) is 8.14. The Morgan fingerprint density at radius 1 is 0.880 bits per heavy atom. The van der Waals surface area contributed by atoms with Crippen molar-refractivity contribution >= 4 is 32.9 Å². The van der Waals surface area contributed by atoms with E-state index in [2.05, 4.69) is 63.1 Å². The third-order valence-corrected chi connectivity index (χ3v) is 6.61. The quantitative estimate of drug-likeness (QED) is 0.702. The molecule has 3 aromatic rings. The smallest absolute Gasteiger partial charge is 0.208 e. The Morgan fingerprint density at radius 2 is 1.56 bits per heavy atom. The minimum Gasteiger partial charge on any atom is -0.345 e. The van der Waals surface area contributed by atoms with E-state index in [1.165, 1.54) is 10.4 Å². The summed E-state index contributed by atoms with van der Waals surface area (Å²) in [6, 6.07) is 10.5. The maximum atomic E-state index is 4.68. The lowest BCUT2D eigenvalue weighted by Crippen LogP contribution is -2.46. The zero-order chi connectivity index (χ0) is 17.2. The van der Waals surface area contributed by atoms with Crippen LogP contribution in [0.3, 0.4) is 0 Å². The maximum absolute atomic E-state index is 4.68. The zero-order valence-electron chi connectivity index (χ0n) is 14.5. The normalized spacial score (nSPS) is 15.0. The molecular formula is C18H21N5S2.